The van der Waals surface area contributed by atoms with Crippen molar-refractivity contribution in [1.82, 2.24) is 25.1 Å². The van der Waals surface area contributed by atoms with Gasteiger partial charge in [0, 0.05) is 51.4 Å². The van der Waals surface area contributed by atoms with E-state index in [1.54, 1.807) is 25.3 Å². The lowest BCUT2D eigenvalue weighted by atomic mass is 10.2. The molecule has 0 unspecified atom stereocenters. The number of hydrogen-bond acceptors (Lipinski definition) is 8. The van der Waals surface area contributed by atoms with Gasteiger partial charge >= 0.3 is 6.03 Å². The fraction of sp³-hybridized carbons (Fsp3) is 0.444. The van der Waals surface area contributed by atoms with Gasteiger partial charge in [-0.3, -0.25) is 0 Å². The first-order chi connectivity index (χ1) is 18.5. The molecule has 1 aliphatic heterocycles. The number of fused-ring (bicyclic) bond motifs is 1. The van der Waals surface area contributed by atoms with Crippen LogP contribution in [0, 0.1) is 0 Å². The van der Waals surface area contributed by atoms with Crippen LogP contribution in [0.3, 0.4) is 0 Å². The Morgan fingerprint density at radius 3 is 2.66 bits per heavy atom. The average molecular weight is 543 g/mol. The van der Waals surface area contributed by atoms with Crippen LogP contribution in [0.4, 0.5) is 10.5 Å². The Hall–Kier alpha value is -3.34. The maximum Gasteiger partial charge on any atom is 0.319 e. The van der Waals surface area contributed by atoms with Crippen molar-refractivity contribution in [3.05, 3.63) is 41.7 Å². The van der Waals surface area contributed by atoms with Crippen molar-refractivity contribution in [2.45, 2.75) is 19.8 Å². The summed E-state index contributed by atoms with van der Waals surface area (Å²) in [5, 5.41) is 6.50. The summed E-state index contributed by atoms with van der Waals surface area (Å²) in [5.41, 5.74) is 1.15. The number of piperazine rings is 1. The topological polar surface area (TPSA) is 101 Å². The Balaban J connectivity index is 1.42. The van der Waals surface area contributed by atoms with Gasteiger partial charge in [0.05, 0.1) is 35.3 Å². The van der Waals surface area contributed by atoms with Crippen molar-refractivity contribution >= 4 is 34.2 Å². The maximum absolute atomic E-state index is 11.9. The molecule has 204 valence electrons. The molecular formula is C27H35ClN6O4. The summed E-state index contributed by atoms with van der Waals surface area (Å²) >= 11 is 6.38. The molecule has 0 bridgehead atoms. The summed E-state index contributed by atoms with van der Waals surface area (Å²) < 4.78 is 17.7. The molecule has 0 radical (unpaired) electrons. The number of nitrogens with zero attached hydrogens (tertiary/aromatic N) is 4. The molecule has 11 heteroatoms. The zero-order valence-corrected chi connectivity index (χ0v) is 22.9. The van der Waals surface area contributed by atoms with Gasteiger partial charge in [-0.25, -0.2) is 14.8 Å². The molecule has 0 saturated carbocycles. The lowest BCUT2D eigenvalue weighted by Gasteiger charge is -2.32. The van der Waals surface area contributed by atoms with E-state index in [1.165, 1.54) is 6.33 Å². The lowest BCUT2D eigenvalue weighted by Crippen LogP contribution is -2.44. The molecule has 3 aromatic rings. The van der Waals surface area contributed by atoms with Gasteiger partial charge in [-0.15, -0.1) is 0 Å². The molecule has 2 N–H and O–H groups in total. The molecule has 0 atom stereocenters. The Kier molecular flexibility index (Phi) is 9.80. The molecule has 0 aliphatic carbocycles. The molecule has 4 rings (SSSR count). The van der Waals surface area contributed by atoms with E-state index in [1.807, 2.05) is 19.1 Å². The fourth-order valence-corrected chi connectivity index (χ4v) is 4.33. The number of urea groups is 1. The Labute approximate surface area is 228 Å². The van der Waals surface area contributed by atoms with Crippen molar-refractivity contribution in [3.63, 3.8) is 0 Å². The standard InChI is InChI=1S/C27H35ClN6O4/c1-4-8-29-27(35)32-22-7-6-19(15-21(22)28)38-26-20-16-24(36-3)25(17-23(20)30-18-31-26)37-14-5-9-34-12-10-33(2)11-13-34/h6-7,15-18H,4-5,8-14H2,1-3H3,(H2,29,32,35). The summed E-state index contributed by atoms with van der Waals surface area (Å²) in [4.78, 5) is 25.5. The van der Waals surface area contributed by atoms with E-state index in [2.05, 4.69) is 37.4 Å². The first-order valence-corrected chi connectivity index (χ1v) is 13.2. The van der Waals surface area contributed by atoms with Gasteiger partial charge in [-0.2, -0.15) is 0 Å². The third-order valence-corrected chi connectivity index (χ3v) is 6.61. The number of halogens is 1. The highest BCUT2D eigenvalue weighted by molar-refractivity contribution is 6.33. The minimum absolute atomic E-state index is 0.311. The second kappa shape index (κ2) is 13.5. The van der Waals surface area contributed by atoms with Crippen LogP contribution in [0.5, 0.6) is 23.1 Å². The number of methoxy groups -OCH3 is 1. The van der Waals surface area contributed by atoms with Gasteiger partial charge in [0.1, 0.15) is 12.1 Å². The summed E-state index contributed by atoms with van der Waals surface area (Å²) in [6.07, 6.45) is 3.21. The van der Waals surface area contributed by atoms with Crippen LogP contribution in [-0.2, 0) is 0 Å². The molecule has 1 saturated heterocycles. The molecule has 2 amide bonds. The molecule has 0 spiro atoms. The second-order valence-electron chi connectivity index (χ2n) is 9.17. The smallest absolute Gasteiger partial charge is 0.319 e. The number of rotatable bonds is 11. The summed E-state index contributed by atoms with van der Waals surface area (Å²) in [7, 11) is 3.76. The predicted molar refractivity (Wildman–Crippen MR) is 149 cm³/mol. The fourth-order valence-electron chi connectivity index (χ4n) is 4.11. The van der Waals surface area contributed by atoms with E-state index in [0.717, 1.165) is 45.6 Å². The molecule has 38 heavy (non-hydrogen) atoms. The van der Waals surface area contributed by atoms with Crippen molar-refractivity contribution < 1.29 is 19.0 Å². The van der Waals surface area contributed by atoms with Gasteiger partial charge in [-0.05, 0) is 38.1 Å². The van der Waals surface area contributed by atoms with Crippen LogP contribution in [0.2, 0.25) is 5.02 Å². The monoisotopic (exact) mass is 542 g/mol. The van der Waals surface area contributed by atoms with Gasteiger partial charge in [-0.1, -0.05) is 18.5 Å². The first-order valence-electron chi connectivity index (χ1n) is 12.9. The van der Waals surface area contributed by atoms with E-state index in [0.29, 0.717) is 57.9 Å². The molecule has 2 heterocycles. The van der Waals surface area contributed by atoms with Crippen LogP contribution >= 0.6 is 11.6 Å². The number of likely N-dealkylation sites (N-methyl/N-ethyl adjacent to an activating group) is 1. The minimum Gasteiger partial charge on any atom is -0.493 e. The normalized spacial score (nSPS) is 14.3. The van der Waals surface area contributed by atoms with Gasteiger partial charge < -0.3 is 34.6 Å². The van der Waals surface area contributed by atoms with E-state index in [-0.39, 0.29) is 6.03 Å². The molecule has 1 aliphatic rings. The second-order valence-corrected chi connectivity index (χ2v) is 9.58. The average Bonchev–Trinajstić information content (AvgIpc) is 2.92. The van der Waals surface area contributed by atoms with E-state index in [9.17, 15) is 4.79 Å². The van der Waals surface area contributed by atoms with Crippen LogP contribution in [0.15, 0.2) is 36.7 Å². The van der Waals surface area contributed by atoms with Crippen LogP contribution in [-0.4, -0.2) is 85.8 Å². The van der Waals surface area contributed by atoms with Crippen LogP contribution in [0.1, 0.15) is 19.8 Å². The highest BCUT2D eigenvalue weighted by Gasteiger charge is 2.16. The van der Waals surface area contributed by atoms with E-state index >= 15 is 0 Å². The third kappa shape index (κ3) is 7.37. The van der Waals surface area contributed by atoms with Gasteiger partial charge in [0.25, 0.3) is 0 Å². The van der Waals surface area contributed by atoms with Gasteiger partial charge in [0.15, 0.2) is 11.5 Å². The quantitative estimate of drug-likeness (QED) is 0.338. The number of ether oxygens (including phenoxy) is 3. The van der Waals surface area contributed by atoms with Gasteiger partial charge in [0.2, 0.25) is 5.88 Å². The highest BCUT2D eigenvalue weighted by Crippen LogP contribution is 2.37. The number of anilines is 1. The van der Waals surface area contributed by atoms with Crippen molar-refractivity contribution in [2.24, 2.45) is 0 Å². The third-order valence-electron chi connectivity index (χ3n) is 6.30. The van der Waals surface area contributed by atoms with E-state index < -0.39 is 0 Å². The van der Waals surface area contributed by atoms with Crippen LogP contribution < -0.4 is 24.8 Å². The number of carbonyl (C=O) groups is 1. The molecule has 1 aromatic heterocycles. The predicted octanol–water partition coefficient (Wildman–Crippen LogP) is 4.63. The zero-order chi connectivity index (χ0) is 26.9. The Bertz CT molecular complexity index is 1240. The molecule has 1 fully saturated rings. The molecule has 10 nitrogen and oxygen atoms in total. The lowest BCUT2D eigenvalue weighted by molar-refractivity contribution is 0.145. The first kappa shape index (κ1) is 27.7. The molecule has 2 aromatic carbocycles. The van der Waals surface area contributed by atoms with E-state index in [4.69, 9.17) is 25.8 Å². The number of nitrogens with one attached hydrogen (secondary N) is 2. The number of hydrogen-bond donors (Lipinski definition) is 2. The minimum atomic E-state index is -0.311. The Morgan fingerprint density at radius 2 is 1.92 bits per heavy atom. The maximum atomic E-state index is 11.9. The zero-order valence-electron chi connectivity index (χ0n) is 22.1. The van der Waals surface area contributed by atoms with Crippen molar-refractivity contribution in [2.75, 3.05) is 65.3 Å². The van der Waals surface area contributed by atoms with Crippen LogP contribution in [0.25, 0.3) is 10.9 Å². The highest BCUT2D eigenvalue weighted by atomic mass is 35.5. The Morgan fingerprint density at radius 1 is 1.11 bits per heavy atom. The number of amides is 2. The number of aromatic nitrogens is 2. The number of carbonyl (C=O) groups excluding carboxylic acids is 1. The number of benzene rings is 2. The van der Waals surface area contributed by atoms with Crippen molar-refractivity contribution in [3.8, 4) is 23.1 Å². The largest absolute Gasteiger partial charge is 0.493 e. The summed E-state index contributed by atoms with van der Waals surface area (Å²) in [6.45, 7) is 8.54. The molecular weight excluding hydrogens is 508 g/mol. The summed E-state index contributed by atoms with van der Waals surface area (Å²) in [5.74, 6) is 2.03. The van der Waals surface area contributed by atoms with Crippen molar-refractivity contribution in [1.29, 1.82) is 0 Å². The SMILES string of the molecule is CCCNC(=O)Nc1ccc(Oc2ncnc3cc(OCCCN4CCN(C)CC4)c(OC)cc23)cc1Cl. The summed E-state index contributed by atoms with van der Waals surface area (Å²) in [6, 6.07) is 8.36.